The molecule has 1 heterocycles. The number of hydrogen-bond donors (Lipinski definition) is 1. The van der Waals surface area contributed by atoms with Crippen LogP contribution >= 0.6 is 11.6 Å². The van der Waals surface area contributed by atoms with Crippen molar-refractivity contribution in [2.75, 3.05) is 18.0 Å². The first-order chi connectivity index (χ1) is 8.03. The van der Waals surface area contributed by atoms with Crippen LogP contribution in [-0.4, -0.2) is 18.6 Å². The lowest BCUT2D eigenvalue weighted by Crippen LogP contribution is -2.51. The second-order valence-electron chi connectivity index (χ2n) is 5.54. The van der Waals surface area contributed by atoms with Crippen molar-refractivity contribution in [3.63, 3.8) is 0 Å². The Kier molecular flexibility index (Phi) is 3.64. The molecule has 0 aliphatic carbocycles. The fraction of sp³-hybridized carbons (Fsp3) is 0.571. The minimum atomic E-state index is 0.177. The lowest BCUT2D eigenvalue weighted by Gasteiger charge is -2.47. The minimum absolute atomic E-state index is 0.177. The predicted molar refractivity (Wildman–Crippen MR) is 74.7 cm³/mol. The monoisotopic (exact) mass is 252 g/mol. The molecule has 2 nitrogen and oxygen atoms in total. The minimum Gasteiger partial charge on any atom is -0.366 e. The van der Waals surface area contributed by atoms with Gasteiger partial charge >= 0.3 is 0 Å². The van der Waals surface area contributed by atoms with Crippen molar-refractivity contribution in [2.24, 2.45) is 11.7 Å². The lowest BCUT2D eigenvalue weighted by molar-refractivity contribution is 0.279. The summed E-state index contributed by atoms with van der Waals surface area (Å²) in [5.74, 6) is 0.661. The zero-order valence-corrected chi connectivity index (χ0v) is 11.4. The molecule has 17 heavy (non-hydrogen) atoms. The van der Waals surface area contributed by atoms with E-state index in [4.69, 9.17) is 17.3 Å². The van der Waals surface area contributed by atoms with E-state index in [1.807, 2.05) is 12.1 Å². The molecule has 2 rings (SSSR count). The Balaban J connectivity index is 2.18. The topological polar surface area (TPSA) is 29.3 Å². The zero-order valence-electron chi connectivity index (χ0n) is 10.6. The molecule has 0 bridgehead atoms. The van der Waals surface area contributed by atoms with Crippen LogP contribution in [0.5, 0.6) is 0 Å². The summed E-state index contributed by atoms with van der Waals surface area (Å²) < 4.78 is 0. The molecule has 1 unspecified atom stereocenters. The van der Waals surface area contributed by atoms with Crippen LogP contribution in [0.4, 0.5) is 5.69 Å². The molecule has 3 heteroatoms. The third kappa shape index (κ3) is 2.75. The summed E-state index contributed by atoms with van der Waals surface area (Å²) >= 11 is 5.93. The Labute approximate surface area is 109 Å². The van der Waals surface area contributed by atoms with Crippen LogP contribution in [0.3, 0.4) is 0 Å². The van der Waals surface area contributed by atoms with Gasteiger partial charge in [-0.15, -0.1) is 0 Å². The second kappa shape index (κ2) is 4.87. The maximum absolute atomic E-state index is 5.93. The fourth-order valence-electron chi connectivity index (χ4n) is 2.83. The van der Waals surface area contributed by atoms with Gasteiger partial charge in [-0.1, -0.05) is 11.6 Å². The highest BCUT2D eigenvalue weighted by molar-refractivity contribution is 6.30. The SMILES string of the molecule is CC1(C)CC(CN)CCN1c1ccc(Cl)cc1. The number of hydrogen-bond acceptors (Lipinski definition) is 2. The summed E-state index contributed by atoms with van der Waals surface area (Å²) in [6.07, 6.45) is 2.34. The van der Waals surface area contributed by atoms with Crippen molar-refractivity contribution < 1.29 is 0 Å². The molecule has 1 saturated heterocycles. The molecular weight excluding hydrogens is 232 g/mol. The van der Waals surface area contributed by atoms with Crippen LogP contribution in [0.1, 0.15) is 26.7 Å². The fourth-order valence-corrected chi connectivity index (χ4v) is 2.96. The van der Waals surface area contributed by atoms with Gasteiger partial charge < -0.3 is 10.6 Å². The maximum atomic E-state index is 5.93. The molecule has 1 aliphatic rings. The van der Waals surface area contributed by atoms with Crippen molar-refractivity contribution in [3.05, 3.63) is 29.3 Å². The van der Waals surface area contributed by atoms with Gasteiger partial charge in [0.1, 0.15) is 0 Å². The Morgan fingerprint density at radius 1 is 1.35 bits per heavy atom. The second-order valence-corrected chi connectivity index (χ2v) is 5.97. The highest BCUT2D eigenvalue weighted by Gasteiger charge is 2.34. The average Bonchev–Trinajstić information content (AvgIpc) is 2.29. The van der Waals surface area contributed by atoms with E-state index < -0.39 is 0 Å². The smallest absolute Gasteiger partial charge is 0.0407 e. The molecule has 0 radical (unpaired) electrons. The number of anilines is 1. The van der Waals surface area contributed by atoms with Crippen LogP contribution in [0.2, 0.25) is 5.02 Å². The Bertz CT molecular complexity index is 372. The quantitative estimate of drug-likeness (QED) is 0.875. The predicted octanol–water partition coefficient (Wildman–Crippen LogP) is 3.29. The summed E-state index contributed by atoms with van der Waals surface area (Å²) in [7, 11) is 0. The van der Waals surface area contributed by atoms with E-state index in [1.54, 1.807) is 0 Å². The maximum Gasteiger partial charge on any atom is 0.0407 e. The molecule has 1 fully saturated rings. The van der Waals surface area contributed by atoms with Gasteiger partial charge in [-0.25, -0.2) is 0 Å². The van der Waals surface area contributed by atoms with Gasteiger partial charge in [-0.05, 0) is 63.4 Å². The molecule has 0 amide bonds. The van der Waals surface area contributed by atoms with Crippen LogP contribution in [0.15, 0.2) is 24.3 Å². The number of nitrogens with two attached hydrogens (primary N) is 1. The van der Waals surface area contributed by atoms with E-state index >= 15 is 0 Å². The van der Waals surface area contributed by atoms with E-state index in [0.29, 0.717) is 5.92 Å². The molecule has 1 aliphatic heterocycles. The molecule has 0 spiro atoms. The van der Waals surface area contributed by atoms with Crippen molar-refractivity contribution in [1.82, 2.24) is 0 Å². The van der Waals surface area contributed by atoms with Crippen molar-refractivity contribution in [1.29, 1.82) is 0 Å². The third-order valence-corrected chi connectivity index (χ3v) is 4.00. The molecule has 0 aromatic heterocycles. The molecular formula is C14H21ClN2. The number of nitrogens with zero attached hydrogens (tertiary/aromatic N) is 1. The summed E-state index contributed by atoms with van der Waals surface area (Å²) in [6, 6.07) is 8.13. The first-order valence-electron chi connectivity index (χ1n) is 6.26. The lowest BCUT2D eigenvalue weighted by atomic mass is 9.82. The average molecular weight is 253 g/mol. The number of piperidine rings is 1. The van der Waals surface area contributed by atoms with Gasteiger partial charge in [0.05, 0.1) is 0 Å². The Hall–Kier alpha value is -0.730. The number of benzene rings is 1. The van der Waals surface area contributed by atoms with Gasteiger partial charge in [0.15, 0.2) is 0 Å². The normalized spacial score (nSPS) is 23.8. The molecule has 0 saturated carbocycles. The highest BCUT2D eigenvalue weighted by atomic mass is 35.5. The third-order valence-electron chi connectivity index (χ3n) is 3.75. The van der Waals surface area contributed by atoms with Gasteiger partial charge in [0.25, 0.3) is 0 Å². The summed E-state index contributed by atoms with van der Waals surface area (Å²) in [5, 5.41) is 0.795. The number of halogens is 1. The number of rotatable bonds is 2. The molecule has 2 N–H and O–H groups in total. The van der Waals surface area contributed by atoms with Crippen LogP contribution in [0.25, 0.3) is 0 Å². The van der Waals surface area contributed by atoms with Crippen LogP contribution in [-0.2, 0) is 0 Å². The summed E-state index contributed by atoms with van der Waals surface area (Å²) in [6.45, 7) is 6.47. The molecule has 1 atom stereocenters. The van der Waals surface area contributed by atoms with Crippen molar-refractivity contribution in [2.45, 2.75) is 32.2 Å². The first-order valence-corrected chi connectivity index (χ1v) is 6.64. The molecule has 1 aromatic rings. The van der Waals surface area contributed by atoms with Crippen molar-refractivity contribution in [3.8, 4) is 0 Å². The summed E-state index contributed by atoms with van der Waals surface area (Å²) in [5.41, 5.74) is 7.23. The van der Waals surface area contributed by atoms with Gasteiger partial charge in [0.2, 0.25) is 0 Å². The first kappa shape index (κ1) is 12.7. The van der Waals surface area contributed by atoms with E-state index in [0.717, 1.165) is 24.5 Å². The zero-order chi connectivity index (χ0) is 12.5. The van der Waals surface area contributed by atoms with E-state index in [-0.39, 0.29) is 5.54 Å². The molecule has 1 aromatic carbocycles. The van der Waals surface area contributed by atoms with Gasteiger partial charge in [-0.3, -0.25) is 0 Å². The van der Waals surface area contributed by atoms with Crippen LogP contribution < -0.4 is 10.6 Å². The van der Waals surface area contributed by atoms with E-state index in [2.05, 4.69) is 30.9 Å². The Morgan fingerprint density at radius 3 is 2.53 bits per heavy atom. The standard InChI is InChI=1S/C14H21ClN2/c1-14(2)9-11(10-16)7-8-17(14)13-5-3-12(15)4-6-13/h3-6,11H,7-10,16H2,1-2H3. The van der Waals surface area contributed by atoms with Crippen LogP contribution in [0, 0.1) is 5.92 Å². The summed E-state index contributed by atoms with van der Waals surface area (Å²) in [4.78, 5) is 2.47. The highest BCUT2D eigenvalue weighted by Crippen LogP contribution is 2.35. The van der Waals surface area contributed by atoms with E-state index in [9.17, 15) is 0 Å². The van der Waals surface area contributed by atoms with Gasteiger partial charge in [0, 0.05) is 22.8 Å². The van der Waals surface area contributed by atoms with Gasteiger partial charge in [-0.2, -0.15) is 0 Å². The van der Waals surface area contributed by atoms with E-state index in [1.165, 1.54) is 12.1 Å². The Morgan fingerprint density at radius 2 is 2.00 bits per heavy atom. The molecule has 94 valence electrons. The van der Waals surface area contributed by atoms with Crippen molar-refractivity contribution >= 4 is 17.3 Å². The largest absolute Gasteiger partial charge is 0.366 e.